The fourth-order valence-electron chi connectivity index (χ4n) is 3.43. The van der Waals surface area contributed by atoms with Gasteiger partial charge < -0.3 is 24.0 Å². The minimum absolute atomic E-state index is 0.0924. The van der Waals surface area contributed by atoms with E-state index in [9.17, 15) is 4.79 Å². The lowest BCUT2D eigenvalue weighted by atomic mass is 10.1. The molecule has 4 rings (SSSR count). The lowest BCUT2D eigenvalue weighted by molar-refractivity contribution is 0.0960. The van der Waals surface area contributed by atoms with Gasteiger partial charge in [-0.05, 0) is 25.1 Å². The molecule has 0 N–H and O–H groups in total. The SMILES string of the molecule is COc1ccc2c(c1)N(C(=O)c1cncc(N3CCOCC3)c1)CC(C)O2. The second-order valence-corrected chi connectivity index (χ2v) is 6.71. The molecule has 7 nitrogen and oxygen atoms in total. The summed E-state index contributed by atoms with van der Waals surface area (Å²) in [6.45, 7) is 5.40. The number of methoxy groups -OCH3 is 1. The molecule has 1 aromatic carbocycles. The molecular formula is C20H23N3O4. The number of hydrogen-bond donors (Lipinski definition) is 0. The Labute approximate surface area is 158 Å². The molecule has 0 aliphatic carbocycles. The summed E-state index contributed by atoms with van der Waals surface area (Å²) in [4.78, 5) is 21.5. The van der Waals surface area contributed by atoms with Crippen molar-refractivity contribution < 1.29 is 19.0 Å². The highest BCUT2D eigenvalue weighted by Crippen LogP contribution is 2.37. The highest BCUT2D eigenvalue weighted by atomic mass is 16.5. The van der Waals surface area contributed by atoms with Crippen LogP contribution in [0.4, 0.5) is 11.4 Å². The Morgan fingerprint density at radius 2 is 2.04 bits per heavy atom. The van der Waals surface area contributed by atoms with Crippen LogP contribution in [-0.4, -0.2) is 57.0 Å². The van der Waals surface area contributed by atoms with Gasteiger partial charge in [0.1, 0.15) is 17.6 Å². The number of benzene rings is 1. The van der Waals surface area contributed by atoms with Gasteiger partial charge in [0.05, 0.1) is 50.0 Å². The molecule has 2 aromatic rings. The minimum atomic E-state index is -0.0951. The normalized spacial score (nSPS) is 19.3. The van der Waals surface area contributed by atoms with Crippen LogP contribution in [0.2, 0.25) is 0 Å². The Hall–Kier alpha value is -2.80. The smallest absolute Gasteiger partial charge is 0.260 e. The summed E-state index contributed by atoms with van der Waals surface area (Å²) in [6, 6.07) is 7.41. The Morgan fingerprint density at radius 1 is 1.22 bits per heavy atom. The average Bonchev–Trinajstić information content (AvgIpc) is 2.73. The summed E-state index contributed by atoms with van der Waals surface area (Å²) >= 11 is 0. The molecule has 27 heavy (non-hydrogen) atoms. The number of rotatable bonds is 3. The number of amides is 1. The van der Waals surface area contributed by atoms with Crippen LogP contribution in [0, 0.1) is 0 Å². The topological polar surface area (TPSA) is 64.1 Å². The number of ether oxygens (including phenoxy) is 3. The molecule has 1 fully saturated rings. The Morgan fingerprint density at radius 3 is 2.81 bits per heavy atom. The molecule has 1 atom stereocenters. The van der Waals surface area contributed by atoms with Gasteiger partial charge in [-0.1, -0.05) is 0 Å². The van der Waals surface area contributed by atoms with Crippen LogP contribution >= 0.6 is 0 Å². The van der Waals surface area contributed by atoms with Crippen LogP contribution in [0.5, 0.6) is 11.5 Å². The third-order valence-corrected chi connectivity index (χ3v) is 4.82. The van der Waals surface area contributed by atoms with Crippen molar-refractivity contribution >= 4 is 17.3 Å². The number of anilines is 2. The fourth-order valence-corrected chi connectivity index (χ4v) is 3.43. The first-order valence-electron chi connectivity index (χ1n) is 9.10. The third kappa shape index (κ3) is 3.55. The monoisotopic (exact) mass is 369 g/mol. The van der Waals surface area contributed by atoms with Crippen molar-refractivity contribution in [1.29, 1.82) is 0 Å². The van der Waals surface area contributed by atoms with E-state index in [-0.39, 0.29) is 12.0 Å². The number of nitrogens with zero attached hydrogens (tertiary/aromatic N) is 3. The number of aromatic nitrogens is 1. The van der Waals surface area contributed by atoms with Crippen LogP contribution in [-0.2, 0) is 4.74 Å². The first-order valence-corrected chi connectivity index (χ1v) is 9.10. The zero-order chi connectivity index (χ0) is 18.8. The molecule has 3 heterocycles. The van der Waals surface area contributed by atoms with E-state index in [1.807, 2.05) is 31.2 Å². The zero-order valence-corrected chi connectivity index (χ0v) is 15.6. The van der Waals surface area contributed by atoms with Gasteiger partial charge in [0.15, 0.2) is 0 Å². The van der Waals surface area contributed by atoms with Crippen molar-refractivity contribution in [2.45, 2.75) is 13.0 Å². The highest BCUT2D eigenvalue weighted by molar-refractivity contribution is 6.07. The van der Waals surface area contributed by atoms with Crippen molar-refractivity contribution in [3.63, 3.8) is 0 Å². The lowest BCUT2D eigenvalue weighted by Gasteiger charge is -2.34. The maximum absolute atomic E-state index is 13.3. The molecule has 7 heteroatoms. The number of pyridine rings is 1. The van der Waals surface area contributed by atoms with E-state index < -0.39 is 0 Å². The standard InChI is InChI=1S/C20H23N3O4/c1-14-13-23(18-10-17(25-2)3-4-19(18)27-14)20(24)15-9-16(12-21-11-15)22-5-7-26-8-6-22/h3-4,9-12,14H,5-8,13H2,1-2H3. The van der Waals surface area contributed by atoms with Crippen molar-refractivity contribution in [1.82, 2.24) is 4.98 Å². The number of carbonyl (C=O) groups excluding carboxylic acids is 1. The summed E-state index contributed by atoms with van der Waals surface area (Å²) in [6.07, 6.45) is 3.32. The lowest BCUT2D eigenvalue weighted by Crippen LogP contribution is -2.42. The molecule has 1 saturated heterocycles. The van der Waals surface area contributed by atoms with Gasteiger partial charge in [-0.3, -0.25) is 9.78 Å². The van der Waals surface area contributed by atoms with Gasteiger partial charge >= 0.3 is 0 Å². The third-order valence-electron chi connectivity index (χ3n) is 4.82. The number of carbonyl (C=O) groups is 1. The van der Waals surface area contributed by atoms with Gasteiger partial charge in [0, 0.05) is 25.4 Å². The predicted molar refractivity (Wildman–Crippen MR) is 102 cm³/mol. The highest BCUT2D eigenvalue weighted by Gasteiger charge is 2.29. The van der Waals surface area contributed by atoms with Gasteiger partial charge in [-0.2, -0.15) is 0 Å². The summed E-state index contributed by atoms with van der Waals surface area (Å²) < 4.78 is 16.6. The maximum atomic E-state index is 13.3. The van der Waals surface area contributed by atoms with E-state index in [0.717, 1.165) is 18.8 Å². The molecular weight excluding hydrogens is 346 g/mol. The molecule has 1 aromatic heterocycles. The van der Waals surface area contributed by atoms with Gasteiger partial charge in [0.25, 0.3) is 5.91 Å². The van der Waals surface area contributed by atoms with Crippen LogP contribution < -0.4 is 19.3 Å². The number of morpholine rings is 1. The predicted octanol–water partition coefficient (Wildman–Crippen LogP) is 2.35. The van der Waals surface area contributed by atoms with Crippen LogP contribution in [0.3, 0.4) is 0 Å². The molecule has 1 amide bonds. The first-order chi connectivity index (χ1) is 13.2. The molecule has 0 radical (unpaired) electrons. The Bertz CT molecular complexity index is 836. The van der Waals surface area contributed by atoms with Crippen LogP contribution in [0.1, 0.15) is 17.3 Å². The largest absolute Gasteiger partial charge is 0.497 e. The van der Waals surface area contributed by atoms with Gasteiger partial charge in [-0.15, -0.1) is 0 Å². The van der Waals surface area contributed by atoms with Crippen LogP contribution in [0.25, 0.3) is 0 Å². The van der Waals surface area contributed by atoms with E-state index in [1.54, 1.807) is 24.4 Å². The van der Waals surface area contributed by atoms with E-state index in [0.29, 0.717) is 42.5 Å². The molecule has 2 aliphatic rings. The van der Waals surface area contributed by atoms with E-state index >= 15 is 0 Å². The molecule has 1 unspecified atom stereocenters. The molecule has 142 valence electrons. The second kappa shape index (κ2) is 7.44. The first kappa shape index (κ1) is 17.6. The van der Waals surface area contributed by atoms with Crippen molar-refractivity contribution in [3.05, 3.63) is 42.2 Å². The molecule has 2 aliphatic heterocycles. The molecule has 0 bridgehead atoms. The van der Waals surface area contributed by atoms with E-state index in [1.165, 1.54) is 0 Å². The maximum Gasteiger partial charge on any atom is 0.260 e. The Kier molecular flexibility index (Phi) is 4.85. The Balaban J connectivity index is 1.65. The van der Waals surface area contributed by atoms with Gasteiger partial charge in [-0.25, -0.2) is 0 Å². The quantitative estimate of drug-likeness (QED) is 0.828. The average molecular weight is 369 g/mol. The second-order valence-electron chi connectivity index (χ2n) is 6.71. The fraction of sp³-hybridized carbons (Fsp3) is 0.400. The molecule has 0 saturated carbocycles. The van der Waals surface area contributed by atoms with Crippen molar-refractivity contribution in [3.8, 4) is 11.5 Å². The van der Waals surface area contributed by atoms with Crippen LogP contribution in [0.15, 0.2) is 36.7 Å². The summed E-state index contributed by atoms with van der Waals surface area (Å²) in [5, 5.41) is 0. The zero-order valence-electron chi connectivity index (χ0n) is 15.6. The summed E-state index contributed by atoms with van der Waals surface area (Å²) in [5.41, 5.74) is 2.22. The van der Waals surface area contributed by atoms with Crippen molar-refractivity contribution in [2.75, 3.05) is 49.8 Å². The van der Waals surface area contributed by atoms with E-state index in [4.69, 9.17) is 14.2 Å². The van der Waals surface area contributed by atoms with E-state index in [2.05, 4.69) is 9.88 Å². The number of hydrogen-bond acceptors (Lipinski definition) is 6. The van der Waals surface area contributed by atoms with Gasteiger partial charge in [0.2, 0.25) is 0 Å². The summed E-state index contributed by atoms with van der Waals surface area (Å²) in [7, 11) is 1.61. The minimum Gasteiger partial charge on any atom is -0.497 e. The number of fused-ring (bicyclic) bond motifs is 1. The summed E-state index contributed by atoms with van der Waals surface area (Å²) in [5.74, 6) is 1.27. The van der Waals surface area contributed by atoms with Crippen molar-refractivity contribution in [2.24, 2.45) is 0 Å². The molecule has 0 spiro atoms.